The zero-order valence-electron chi connectivity index (χ0n) is 9.50. The molecule has 0 saturated heterocycles. The Morgan fingerprint density at radius 3 is 2.82 bits per heavy atom. The SMILES string of the molecule is COC(=O)/C(C)=C/COc1ccc(F)c(Br)c1. The zero-order valence-corrected chi connectivity index (χ0v) is 11.1. The molecule has 0 spiro atoms. The third-order valence-electron chi connectivity index (χ3n) is 2.04. The highest BCUT2D eigenvalue weighted by Gasteiger charge is 2.03. The molecule has 1 aromatic rings. The minimum absolute atomic E-state index is 0.221. The van der Waals surface area contributed by atoms with Gasteiger partial charge in [0.15, 0.2) is 0 Å². The van der Waals surface area contributed by atoms with Crippen LogP contribution in [0.4, 0.5) is 4.39 Å². The predicted molar refractivity (Wildman–Crippen MR) is 65.4 cm³/mol. The van der Waals surface area contributed by atoms with Crippen LogP contribution in [-0.2, 0) is 9.53 Å². The molecule has 92 valence electrons. The molecule has 0 aromatic heterocycles. The van der Waals surface area contributed by atoms with Crippen molar-refractivity contribution in [3.8, 4) is 5.75 Å². The molecule has 1 aromatic carbocycles. The van der Waals surface area contributed by atoms with Crippen LogP contribution >= 0.6 is 15.9 Å². The highest BCUT2D eigenvalue weighted by Crippen LogP contribution is 2.21. The van der Waals surface area contributed by atoms with Crippen molar-refractivity contribution in [3.05, 3.63) is 40.1 Å². The summed E-state index contributed by atoms with van der Waals surface area (Å²) in [6, 6.07) is 4.34. The second kappa shape index (κ2) is 6.39. The van der Waals surface area contributed by atoms with E-state index in [2.05, 4.69) is 20.7 Å². The number of carbonyl (C=O) groups excluding carboxylic acids is 1. The van der Waals surface area contributed by atoms with Crippen LogP contribution in [0.15, 0.2) is 34.3 Å². The van der Waals surface area contributed by atoms with Gasteiger partial charge >= 0.3 is 5.97 Å². The average Bonchev–Trinajstić information content (AvgIpc) is 2.32. The van der Waals surface area contributed by atoms with Gasteiger partial charge < -0.3 is 9.47 Å². The molecule has 0 saturated carbocycles. The normalized spacial score (nSPS) is 11.2. The number of hydrogen-bond acceptors (Lipinski definition) is 3. The van der Waals surface area contributed by atoms with Crippen LogP contribution in [-0.4, -0.2) is 19.7 Å². The summed E-state index contributed by atoms with van der Waals surface area (Å²) in [6.07, 6.45) is 1.60. The summed E-state index contributed by atoms with van der Waals surface area (Å²) >= 11 is 3.06. The van der Waals surface area contributed by atoms with Crippen molar-refractivity contribution < 1.29 is 18.7 Å². The Kier molecular flexibility index (Phi) is 5.15. The quantitative estimate of drug-likeness (QED) is 0.633. The monoisotopic (exact) mass is 302 g/mol. The van der Waals surface area contributed by atoms with Gasteiger partial charge in [0.2, 0.25) is 0 Å². The van der Waals surface area contributed by atoms with Crippen LogP contribution in [0, 0.1) is 5.82 Å². The Hall–Kier alpha value is -1.36. The number of ether oxygens (including phenoxy) is 2. The predicted octanol–water partition coefficient (Wildman–Crippen LogP) is 3.09. The lowest BCUT2D eigenvalue weighted by Crippen LogP contribution is -2.04. The van der Waals surface area contributed by atoms with Crippen molar-refractivity contribution in [2.24, 2.45) is 0 Å². The molecule has 0 N–H and O–H groups in total. The smallest absolute Gasteiger partial charge is 0.333 e. The lowest BCUT2D eigenvalue weighted by atomic mass is 10.3. The molecule has 0 aliphatic rings. The topological polar surface area (TPSA) is 35.5 Å². The molecule has 0 aliphatic carbocycles. The number of hydrogen-bond donors (Lipinski definition) is 0. The summed E-state index contributed by atoms with van der Waals surface area (Å²) in [6.45, 7) is 1.86. The fourth-order valence-corrected chi connectivity index (χ4v) is 1.43. The maximum atomic E-state index is 12.9. The van der Waals surface area contributed by atoms with Gasteiger partial charge in [-0.2, -0.15) is 0 Å². The van der Waals surface area contributed by atoms with Crippen LogP contribution < -0.4 is 4.74 Å². The lowest BCUT2D eigenvalue weighted by molar-refractivity contribution is -0.136. The van der Waals surface area contributed by atoms with Gasteiger partial charge in [0.25, 0.3) is 0 Å². The zero-order chi connectivity index (χ0) is 12.8. The van der Waals surface area contributed by atoms with E-state index in [9.17, 15) is 9.18 Å². The Bertz CT molecular complexity index is 443. The van der Waals surface area contributed by atoms with E-state index in [1.54, 1.807) is 13.0 Å². The maximum absolute atomic E-state index is 12.9. The molecule has 0 bridgehead atoms. The van der Waals surface area contributed by atoms with Crippen molar-refractivity contribution in [2.45, 2.75) is 6.92 Å². The van der Waals surface area contributed by atoms with Crippen molar-refractivity contribution in [1.29, 1.82) is 0 Å². The highest BCUT2D eigenvalue weighted by atomic mass is 79.9. The lowest BCUT2D eigenvalue weighted by Gasteiger charge is -2.05. The van der Waals surface area contributed by atoms with Crippen molar-refractivity contribution >= 4 is 21.9 Å². The molecule has 0 unspecified atom stereocenters. The largest absolute Gasteiger partial charge is 0.489 e. The number of esters is 1. The van der Waals surface area contributed by atoms with Gasteiger partial charge in [0.1, 0.15) is 18.2 Å². The molecular weight excluding hydrogens is 291 g/mol. The summed E-state index contributed by atoms with van der Waals surface area (Å²) in [7, 11) is 1.32. The molecule has 0 fully saturated rings. The first-order valence-electron chi connectivity index (χ1n) is 4.87. The van der Waals surface area contributed by atoms with E-state index in [0.29, 0.717) is 15.8 Å². The minimum Gasteiger partial charge on any atom is -0.489 e. The van der Waals surface area contributed by atoms with E-state index >= 15 is 0 Å². The summed E-state index contributed by atoms with van der Waals surface area (Å²) in [5.74, 6) is -0.222. The first-order valence-corrected chi connectivity index (χ1v) is 5.67. The molecule has 0 amide bonds. The fourth-order valence-electron chi connectivity index (χ4n) is 1.07. The number of halogens is 2. The molecule has 1 rings (SSSR count). The van der Waals surface area contributed by atoms with Crippen LogP contribution in [0.1, 0.15) is 6.92 Å². The van der Waals surface area contributed by atoms with Crippen molar-refractivity contribution in [2.75, 3.05) is 13.7 Å². The van der Waals surface area contributed by atoms with Crippen molar-refractivity contribution in [3.63, 3.8) is 0 Å². The Balaban J connectivity index is 2.56. The van der Waals surface area contributed by atoms with E-state index in [1.807, 2.05) is 0 Å². The highest BCUT2D eigenvalue weighted by molar-refractivity contribution is 9.10. The van der Waals surface area contributed by atoms with E-state index in [1.165, 1.54) is 25.3 Å². The third kappa shape index (κ3) is 4.19. The first-order chi connectivity index (χ1) is 8.04. The maximum Gasteiger partial charge on any atom is 0.333 e. The number of carbonyl (C=O) groups is 1. The van der Waals surface area contributed by atoms with Gasteiger partial charge in [-0.25, -0.2) is 9.18 Å². The summed E-state index contributed by atoms with van der Waals surface area (Å²) < 4.78 is 23.1. The van der Waals surface area contributed by atoms with Crippen LogP contribution in [0.5, 0.6) is 5.75 Å². The van der Waals surface area contributed by atoms with Gasteiger partial charge in [-0.3, -0.25) is 0 Å². The average molecular weight is 303 g/mol. The summed E-state index contributed by atoms with van der Waals surface area (Å²) in [4.78, 5) is 11.0. The second-order valence-electron chi connectivity index (χ2n) is 3.27. The van der Waals surface area contributed by atoms with E-state index in [-0.39, 0.29) is 12.4 Å². The van der Waals surface area contributed by atoms with E-state index in [4.69, 9.17) is 4.74 Å². The van der Waals surface area contributed by atoms with Gasteiger partial charge in [0, 0.05) is 5.57 Å². The molecule has 5 heteroatoms. The van der Waals surface area contributed by atoms with Crippen LogP contribution in [0.2, 0.25) is 0 Å². The van der Waals surface area contributed by atoms with Gasteiger partial charge in [-0.1, -0.05) is 0 Å². The molecule has 0 radical (unpaired) electrons. The third-order valence-corrected chi connectivity index (χ3v) is 2.65. The molecule has 3 nitrogen and oxygen atoms in total. The summed E-state index contributed by atoms with van der Waals surface area (Å²) in [5.41, 5.74) is 0.466. The number of benzene rings is 1. The first kappa shape index (κ1) is 13.7. The number of methoxy groups -OCH3 is 1. The van der Waals surface area contributed by atoms with Gasteiger partial charge in [-0.05, 0) is 47.1 Å². The van der Waals surface area contributed by atoms with Gasteiger partial charge in [0.05, 0.1) is 11.6 Å². The molecule has 0 aliphatic heterocycles. The van der Waals surface area contributed by atoms with Crippen LogP contribution in [0.3, 0.4) is 0 Å². The standard InChI is InChI=1S/C12H12BrFO3/c1-8(12(15)16-2)5-6-17-9-3-4-11(14)10(13)7-9/h3-5,7H,6H2,1-2H3/b8-5+. The Labute approximate surface area is 107 Å². The fraction of sp³-hybridized carbons (Fsp3) is 0.250. The molecular formula is C12H12BrFO3. The molecule has 0 atom stereocenters. The summed E-state index contributed by atoms with van der Waals surface area (Å²) in [5, 5.41) is 0. The van der Waals surface area contributed by atoms with Gasteiger partial charge in [-0.15, -0.1) is 0 Å². The van der Waals surface area contributed by atoms with Crippen molar-refractivity contribution in [1.82, 2.24) is 0 Å². The van der Waals surface area contributed by atoms with E-state index in [0.717, 1.165) is 0 Å². The number of rotatable bonds is 4. The Morgan fingerprint density at radius 2 is 2.24 bits per heavy atom. The molecule has 0 heterocycles. The van der Waals surface area contributed by atoms with Crippen LogP contribution in [0.25, 0.3) is 0 Å². The van der Waals surface area contributed by atoms with E-state index < -0.39 is 5.97 Å². The minimum atomic E-state index is -0.395. The Morgan fingerprint density at radius 1 is 1.53 bits per heavy atom. The molecule has 17 heavy (non-hydrogen) atoms. The second-order valence-corrected chi connectivity index (χ2v) is 4.12.